The van der Waals surface area contributed by atoms with Crippen molar-refractivity contribution < 1.29 is 24.5 Å². The van der Waals surface area contributed by atoms with Crippen LogP contribution in [0.2, 0.25) is 0 Å². The van der Waals surface area contributed by atoms with Crippen molar-refractivity contribution in [2.24, 2.45) is 0 Å². The monoisotopic (exact) mass is 466 g/mol. The quantitative estimate of drug-likeness (QED) is 0.309. The summed E-state index contributed by atoms with van der Waals surface area (Å²) in [7, 11) is 0. The Labute approximate surface area is 201 Å². The lowest BCUT2D eigenvalue weighted by molar-refractivity contribution is -0.140. The van der Waals surface area contributed by atoms with E-state index < -0.39 is 17.7 Å². The molecule has 0 aliphatic carbocycles. The average Bonchev–Trinajstić information content (AvgIpc) is 3.08. The first kappa shape index (κ1) is 25.3. The fraction of sp³-hybridized carbons (Fsp3) is 0.407. The van der Waals surface area contributed by atoms with E-state index in [0.29, 0.717) is 30.9 Å². The van der Waals surface area contributed by atoms with Crippen LogP contribution in [0.3, 0.4) is 0 Å². The molecule has 0 bridgehead atoms. The zero-order chi connectivity index (χ0) is 24.8. The molecular weight excluding hydrogens is 432 g/mol. The van der Waals surface area contributed by atoms with Gasteiger partial charge in [0.25, 0.3) is 11.7 Å². The third-order valence-corrected chi connectivity index (χ3v) is 6.22. The molecular formula is C27H34N2O5. The number of carbonyl (C=O) groups excluding carboxylic acids is 2. The van der Waals surface area contributed by atoms with Crippen LogP contribution in [0.1, 0.15) is 49.9 Å². The zero-order valence-corrected chi connectivity index (χ0v) is 20.4. The van der Waals surface area contributed by atoms with Crippen LogP contribution in [0.25, 0.3) is 5.76 Å². The number of ether oxygens (including phenoxy) is 1. The Morgan fingerprint density at radius 1 is 1.06 bits per heavy atom. The number of Topliss-reactive ketones (excluding diaryl/α,β-unsaturated/α-hetero) is 1. The van der Waals surface area contributed by atoms with Crippen LogP contribution in [0.4, 0.5) is 0 Å². The van der Waals surface area contributed by atoms with Crippen LogP contribution in [-0.2, 0) is 9.59 Å². The molecule has 2 N–H and O–H groups in total. The van der Waals surface area contributed by atoms with Crippen molar-refractivity contribution in [3.8, 4) is 11.5 Å². The highest BCUT2D eigenvalue weighted by atomic mass is 16.5. The van der Waals surface area contributed by atoms with Gasteiger partial charge in [0.1, 0.15) is 17.3 Å². The molecule has 0 radical (unpaired) electrons. The van der Waals surface area contributed by atoms with E-state index in [4.69, 9.17) is 4.74 Å². The van der Waals surface area contributed by atoms with E-state index in [0.717, 1.165) is 25.2 Å². The second kappa shape index (κ2) is 11.2. The molecule has 34 heavy (non-hydrogen) atoms. The molecule has 7 heteroatoms. The number of hydrogen-bond acceptors (Lipinski definition) is 6. The van der Waals surface area contributed by atoms with Gasteiger partial charge in [-0.2, -0.15) is 0 Å². The van der Waals surface area contributed by atoms with Gasteiger partial charge in [-0.15, -0.1) is 0 Å². The minimum atomic E-state index is -0.757. The Hall–Kier alpha value is -3.32. The molecule has 1 aliphatic rings. The fourth-order valence-electron chi connectivity index (χ4n) is 4.36. The van der Waals surface area contributed by atoms with Gasteiger partial charge in [-0.05, 0) is 69.7 Å². The number of aryl methyl sites for hydroxylation is 1. The van der Waals surface area contributed by atoms with Crippen LogP contribution >= 0.6 is 0 Å². The van der Waals surface area contributed by atoms with Gasteiger partial charge in [0.2, 0.25) is 0 Å². The first-order valence-corrected chi connectivity index (χ1v) is 11.9. The number of benzene rings is 2. The number of amides is 1. The first-order chi connectivity index (χ1) is 16.3. The largest absolute Gasteiger partial charge is 0.507 e. The van der Waals surface area contributed by atoms with Gasteiger partial charge in [-0.25, -0.2) is 0 Å². The number of phenols is 1. The Balaban J connectivity index is 2.06. The topological polar surface area (TPSA) is 90.3 Å². The number of aromatic hydroxyl groups is 1. The first-order valence-electron chi connectivity index (χ1n) is 11.9. The summed E-state index contributed by atoms with van der Waals surface area (Å²) in [6.07, 6.45) is 0.692. The van der Waals surface area contributed by atoms with Crippen molar-refractivity contribution >= 4 is 17.4 Å². The molecule has 0 aromatic heterocycles. The maximum atomic E-state index is 13.2. The van der Waals surface area contributed by atoms with Crippen LogP contribution < -0.4 is 4.74 Å². The number of nitrogens with zero attached hydrogens (tertiary/aromatic N) is 2. The van der Waals surface area contributed by atoms with Gasteiger partial charge in [0.15, 0.2) is 0 Å². The third kappa shape index (κ3) is 5.25. The maximum Gasteiger partial charge on any atom is 0.295 e. The summed E-state index contributed by atoms with van der Waals surface area (Å²) in [4.78, 5) is 30.0. The van der Waals surface area contributed by atoms with Gasteiger partial charge in [-0.1, -0.05) is 37.6 Å². The van der Waals surface area contributed by atoms with Crippen molar-refractivity contribution in [1.82, 2.24) is 9.80 Å². The Bertz CT molecular complexity index is 1060. The lowest BCUT2D eigenvalue weighted by Crippen LogP contribution is -2.33. The summed E-state index contributed by atoms with van der Waals surface area (Å²) in [5.74, 6) is -1.24. The molecule has 1 saturated heterocycles. The average molecular weight is 467 g/mol. The fourth-order valence-corrected chi connectivity index (χ4v) is 4.36. The van der Waals surface area contributed by atoms with E-state index in [1.54, 1.807) is 24.3 Å². The second-order valence-electron chi connectivity index (χ2n) is 8.40. The number of phenolic OH excluding ortho intramolecular Hbond substituents is 1. The highest BCUT2D eigenvalue weighted by Gasteiger charge is 2.46. The normalized spacial score (nSPS) is 17.6. The zero-order valence-electron chi connectivity index (χ0n) is 20.4. The maximum absolute atomic E-state index is 13.2. The number of aliphatic hydroxyl groups is 1. The summed E-state index contributed by atoms with van der Waals surface area (Å²) in [5, 5.41) is 21.5. The number of rotatable bonds is 10. The summed E-state index contributed by atoms with van der Waals surface area (Å²) >= 11 is 0. The molecule has 1 heterocycles. The van der Waals surface area contributed by atoms with Gasteiger partial charge >= 0.3 is 0 Å². The molecule has 2 aromatic carbocycles. The molecule has 0 spiro atoms. The lowest BCUT2D eigenvalue weighted by atomic mass is 9.94. The molecule has 1 aliphatic heterocycles. The van der Waals surface area contributed by atoms with E-state index in [2.05, 4.69) is 18.7 Å². The Kier molecular flexibility index (Phi) is 8.34. The molecule has 2 aromatic rings. The summed E-state index contributed by atoms with van der Waals surface area (Å²) in [6.45, 7) is 11.4. The van der Waals surface area contributed by atoms with Crippen LogP contribution in [0, 0.1) is 6.92 Å². The molecule has 0 saturated carbocycles. The minimum absolute atomic E-state index is 0.0158. The van der Waals surface area contributed by atoms with Crippen molar-refractivity contribution in [3.05, 3.63) is 64.7 Å². The smallest absolute Gasteiger partial charge is 0.295 e. The Morgan fingerprint density at radius 2 is 1.74 bits per heavy atom. The van der Waals surface area contributed by atoms with Crippen molar-refractivity contribution in [2.75, 3.05) is 32.8 Å². The van der Waals surface area contributed by atoms with E-state index in [1.807, 2.05) is 26.0 Å². The number of aliphatic hydroxyl groups excluding tert-OH is 1. The van der Waals surface area contributed by atoms with E-state index in [1.165, 1.54) is 11.0 Å². The van der Waals surface area contributed by atoms with Gasteiger partial charge in [0.05, 0.1) is 23.8 Å². The summed E-state index contributed by atoms with van der Waals surface area (Å²) < 4.78 is 5.53. The SMILES string of the molecule is CCOc1ccc([C@@H]2C(=C(O)c3cc(C)ccc3O)C(=O)C(=O)N2CCCN(CC)CC)cc1. The van der Waals surface area contributed by atoms with E-state index in [-0.39, 0.29) is 22.6 Å². The van der Waals surface area contributed by atoms with Crippen LogP contribution in [-0.4, -0.2) is 64.5 Å². The van der Waals surface area contributed by atoms with Gasteiger partial charge < -0.3 is 24.7 Å². The van der Waals surface area contributed by atoms with Gasteiger partial charge in [0, 0.05) is 6.54 Å². The number of hydrogen-bond donors (Lipinski definition) is 2. The predicted molar refractivity (Wildman–Crippen MR) is 132 cm³/mol. The van der Waals surface area contributed by atoms with Crippen molar-refractivity contribution in [3.63, 3.8) is 0 Å². The van der Waals surface area contributed by atoms with E-state index in [9.17, 15) is 19.8 Å². The summed E-state index contributed by atoms with van der Waals surface area (Å²) in [6, 6.07) is 11.2. The van der Waals surface area contributed by atoms with Gasteiger partial charge in [-0.3, -0.25) is 9.59 Å². The highest BCUT2D eigenvalue weighted by Crippen LogP contribution is 2.41. The van der Waals surface area contributed by atoms with E-state index >= 15 is 0 Å². The molecule has 1 atom stereocenters. The Morgan fingerprint density at radius 3 is 2.35 bits per heavy atom. The second-order valence-corrected chi connectivity index (χ2v) is 8.40. The third-order valence-electron chi connectivity index (χ3n) is 6.22. The molecule has 1 fully saturated rings. The number of carbonyl (C=O) groups is 2. The molecule has 1 amide bonds. The molecule has 182 valence electrons. The molecule has 0 unspecified atom stereocenters. The molecule has 7 nitrogen and oxygen atoms in total. The highest BCUT2D eigenvalue weighted by molar-refractivity contribution is 6.46. The number of likely N-dealkylation sites (tertiary alicyclic amines) is 1. The van der Waals surface area contributed by atoms with Crippen LogP contribution in [0.15, 0.2) is 48.0 Å². The predicted octanol–water partition coefficient (Wildman–Crippen LogP) is 4.25. The van der Waals surface area contributed by atoms with Crippen molar-refractivity contribution in [2.45, 2.75) is 40.2 Å². The molecule has 3 rings (SSSR count). The standard InChI is InChI=1S/C27H34N2O5/c1-5-28(6-2)15-8-16-29-24(19-10-12-20(13-11-19)34-7-3)23(26(32)27(29)33)25(31)21-17-18(4)9-14-22(21)30/h9-14,17,24,30-31H,5-8,15-16H2,1-4H3/t24-/m1/s1. The number of ketones is 1. The van der Waals surface area contributed by atoms with Crippen molar-refractivity contribution in [1.29, 1.82) is 0 Å². The van der Waals surface area contributed by atoms with Crippen LogP contribution in [0.5, 0.6) is 11.5 Å². The lowest BCUT2D eigenvalue weighted by Gasteiger charge is -2.27. The minimum Gasteiger partial charge on any atom is -0.507 e. The summed E-state index contributed by atoms with van der Waals surface area (Å²) in [5.41, 5.74) is 1.62.